The molecule has 17 heavy (non-hydrogen) atoms. The second-order valence-electron chi connectivity index (χ2n) is 4.48. The molecule has 0 heterocycles. The molecule has 1 aromatic carbocycles. The summed E-state index contributed by atoms with van der Waals surface area (Å²) in [5.74, 6) is 0.453. The maximum absolute atomic E-state index is 11.9. The molecule has 0 fully saturated rings. The third-order valence-corrected chi connectivity index (χ3v) is 3.76. The van der Waals surface area contributed by atoms with Crippen LogP contribution in [0.4, 0.5) is 0 Å². The highest BCUT2D eigenvalue weighted by molar-refractivity contribution is 7.94. The minimum atomic E-state index is -3.35. The zero-order valence-electron chi connectivity index (χ0n) is 10.2. The summed E-state index contributed by atoms with van der Waals surface area (Å²) in [6.45, 7) is 4.11. The highest BCUT2D eigenvalue weighted by Gasteiger charge is 2.10. The molecule has 0 aliphatic carbocycles. The molecule has 2 N–H and O–H groups in total. The Morgan fingerprint density at radius 2 is 1.82 bits per heavy atom. The topological polar surface area (TPSA) is 60.2 Å². The Labute approximate surface area is 103 Å². The zero-order chi connectivity index (χ0) is 12.9. The normalized spacial score (nSPS) is 14.4. The van der Waals surface area contributed by atoms with Gasteiger partial charge >= 0.3 is 0 Å². The molecule has 0 bridgehead atoms. The summed E-state index contributed by atoms with van der Waals surface area (Å²) in [5, 5.41) is 1.20. The van der Waals surface area contributed by atoms with E-state index in [9.17, 15) is 8.42 Å². The minimum absolute atomic E-state index is 0.214. The van der Waals surface area contributed by atoms with E-state index in [1.165, 1.54) is 5.41 Å². The molecular weight excluding hydrogens is 234 g/mol. The van der Waals surface area contributed by atoms with Gasteiger partial charge in [-0.2, -0.15) is 0 Å². The van der Waals surface area contributed by atoms with Crippen LogP contribution in [0, 0.1) is 5.92 Å². The first-order valence-electron chi connectivity index (χ1n) is 5.66. The fourth-order valence-corrected chi connectivity index (χ4v) is 2.62. The standard InChI is InChI=1S/C13H19NO2S/c1-11(2)10-12(14)8-9-17(15,16)13-6-4-3-5-7-13/h3-9,11-12H,10,14H2,1-2H3. The SMILES string of the molecule is CC(C)CC(N)C=CS(=O)(=O)c1ccccc1. The monoisotopic (exact) mass is 253 g/mol. The van der Waals surface area contributed by atoms with Gasteiger partial charge in [0.25, 0.3) is 0 Å². The summed E-state index contributed by atoms with van der Waals surface area (Å²) in [5.41, 5.74) is 5.81. The van der Waals surface area contributed by atoms with Crippen molar-refractivity contribution < 1.29 is 8.42 Å². The van der Waals surface area contributed by atoms with Crippen LogP contribution >= 0.6 is 0 Å². The molecule has 1 atom stereocenters. The fourth-order valence-electron chi connectivity index (χ4n) is 1.52. The van der Waals surface area contributed by atoms with Crippen LogP contribution in [0.3, 0.4) is 0 Å². The second kappa shape index (κ2) is 5.98. The Kier molecular flexibility index (Phi) is 4.90. The summed E-state index contributed by atoms with van der Waals surface area (Å²) >= 11 is 0. The van der Waals surface area contributed by atoms with E-state index < -0.39 is 9.84 Å². The Morgan fingerprint density at radius 3 is 2.35 bits per heavy atom. The number of benzene rings is 1. The van der Waals surface area contributed by atoms with Gasteiger partial charge in [0.15, 0.2) is 9.84 Å². The summed E-state index contributed by atoms with van der Waals surface area (Å²) < 4.78 is 23.8. The van der Waals surface area contributed by atoms with Crippen molar-refractivity contribution in [1.29, 1.82) is 0 Å². The van der Waals surface area contributed by atoms with Gasteiger partial charge in [-0.3, -0.25) is 0 Å². The van der Waals surface area contributed by atoms with E-state index >= 15 is 0 Å². The average Bonchev–Trinajstić information content (AvgIpc) is 2.27. The van der Waals surface area contributed by atoms with Crippen molar-refractivity contribution >= 4 is 9.84 Å². The van der Waals surface area contributed by atoms with Gasteiger partial charge in [-0.05, 0) is 24.5 Å². The molecule has 0 saturated carbocycles. The van der Waals surface area contributed by atoms with Crippen LogP contribution in [0.2, 0.25) is 0 Å². The number of hydrogen-bond donors (Lipinski definition) is 1. The van der Waals surface area contributed by atoms with Crippen LogP contribution in [0.1, 0.15) is 20.3 Å². The molecule has 0 aliphatic rings. The van der Waals surface area contributed by atoms with Gasteiger partial charge in [0, 0.05) is 11.4 Å². The van der Waals surface area contributed by atoms with E-state index in [2.05, 4.69) is 13.8 Å². The Balaban J connectivity index is 2.77. The third kappa shape index (κ3) is 4.71. The molecule has 1 rings (SSSR count). The van der Waals surface area contributed by atoms with Crippen LogP contribution in [-0.2, 0) is 9.84 Å². The van der Waals surface area contributed by atoms with Gasteiger partial charge in [0.05, 0.1) is 4.90 Å². The molecular formula is C13H19NO2S. The van der Waals surface area contributed by atoms with E-state index in [0.29, 0.717) is 10.8 Å². The van der Waals surface area contributed by atoms with Gasteiger partial charge in [0.1, 0.15) is 0 Å². The maximum atomic E-state index is 11.9. The lowest BCUT2D eigenvalue weighted by molar-refractivity contribution is 0.546. The van der Waals surface area contributed by atoms with Crippen molar-refractivity contribution in [3.8, 4) is 0 Å². The summed E-state index contributed by atoms with van der Waals surface area (Å²) in [6.07, 6.45) is 2.34. The highest BCUT2D eigenvalue weighted by Crippen LogP contribution is 2.12. The van der Waals surface area contributed by atoms with Crippen LogP contribution in [0.25, 0.3) is 0 Å². The largest absolute Gasteiger partial charge is 0.324 e. The van der Waals surface area contributed by atoms with Crippen molar-refractivity contribution in [3.63, 3.8) is 0 Å². The minimum Gasteiger partial charge on any atom is -0.324 e. The number of rotatable bonds is 5. The first-order valence-corrected chi connectivity index (χ1v) is 7.20. The first-order chi connectivity index (χ1) is 7.92. The van der Waals surface area contributed by atoms with E-state index in [1.807, 2.05) is 0 Å². The summed E-state index contributed by atoms with van der Waals surface area (Å²) in [6, 6.07) is 8.13. The smallest absolute Gasteiger partial charge is 0.199 e. The molecule has 0 aliphatic heterocycles. The van der Waals surface area contributed by atoms with Crippen molar-refractivity contribution in [2.45, 2.75) is 31.2 Å². The molecule has 0 spiro atoms. The Bertz CT molecular complexity index is 463. The lowest BCUT2D eigenvalue weighted by Gasteiger charge is -2.08. The third-order valence-electron chi connectivity index (χ3n) is 2.32. The fraction of sp³-hybridized carbons (Fsp3) is 0.385. The average molecular weight is 253 g/mol. The van der Waals surface area contributed by atoms with E-state index in [1.54, 1.807) is 36.4 Å². The van der Waals surface area contributed by atoms with E-state index in [0.717, 1.165) is 6.42 Å². The van der Waals surface area contributed by atoms with Gasteiger partial charge < -0.3 is 5.73 Å². The first kappa shape index (κ1) is 13.9. The van der Waals surface area contributed by atoms with Gasteiger partial charge in [-0.15, -0.1) is 0 Å². The molecule has 1 unspecified atom stereocenters. The predicted octanol–water partition coefficient (Wildman–Crippen LogP) is 2.35. The molecule has 0 amide bonds. The molecule has 0 saturated heterocycles. The van der Waals surface area contributed by atoms with Crippen molar-refractivity contribution in [2.24, 2.45) is 11.7 Å². The molecule has 94 valence electrons. The van der Waals surface area contributed by atoms with E-state index in [-0.39, 0.29) is 6.04 Å². The van der Waals surface area contributed by atoms with Crippen LogP contribution in [-0.4, -0.2) is 14.5 Å². The maximum Gasteiger partial charge on any atom is 0.199 e. The van der Waals surface area contributed by atoms with Crippen LogP contribution in [0.5, 0.6) is 0 Å². The van der Waals surface area contributed by atoms with Gasteiger partial charge in [0.2, 0.25) is 0 Å². The summed E-state index contributed by atoms with van der Waals surface area (Å²) in [4.78, 5) is 0.299. The van der Waals surface area contributed by atoms with Crippen molar-refractivity contribution in [2.75, 3.05) is 0 Å². The predicted molar refractivity (Wildman–Crippen MR) is 70.2 cm³/mol. The van der Waals surface area contributed by atoms with Crippen LogP contribution in [0.15, 0.2) is 46.7 Å². The van der Waals surface area contributed by atoms with Crippen molar-refractivity contribution in [3.05, 3.63) is 41.8 Å². The number of nitrogens with two attached hydrogens (primary N) is 1. The van der Waals surface area contributed by atoms with E-state index in [4.69, 9.17) is 5.73 Å². The quantitative estimate of drug-likeness (QED) is 0.876. The molecule has 4 heteroatoms. The Hall–Kier alpha value is -1.13. The molecule has 0 radical (unpaired) electrons. The number of hydrogen-bond acceptors (Lipinski definition) is 3. The molecule has 3 nitrogen and oxygen atoms in total. The molecule has 0 aromatic heterocycles. The lowest BCUT2D eigenvalue weighted by atomic mass is 10.1. The second-order valence-corrected chi connectivity index (χ2v) is 6.31. The van der Waals surface area contributed by atoms with Gasteiger partial charge in [-0.1, -0.05) is 38.1 Å². The Morgan fingerprint density at radius 1 is 1.24 bits per heavy atom. The summed E-state index contributed by atoms with van der Waals surface area (Å²) in [7, 11) is -3.35. The van der Waals surface area contributed by atoms with Gasteiger partial charge in [-0.25, -0.2) is 8.42 Å². The van der Waals surface area contributed by atoms with Crippen LogP contribution < -0.4 is 5.73 Å². The lowest BCUT2D eigenvalue weighted by Crippen LogP contribution is -2.19. The number of sulfone groups is 1. The molecule has 1 aromatic rings. The highest BCUT2D eigenvalue weighted by atomic mass is 32.2. The zero-order valence-corrected chi connectivity index (χ0v) is 11.0. The van der Waals surface area contributed by atoms with Crippen molar-refractivity contribution in [1.82, 2.24) is 0 Å².